The highest BCUT2D eigenvalue weighted by atomic mass is 32.5. The monoisotopic (exact) mass is 520 g/mol. The Morgan fingerprint density at radius 3 is 1.82 bits per heavy atom. The molecule has 0 N–H and O–H groups in total. The molecule has 0 radical (unpaired) electrons. The fourth-order valence-corrected chi connectivity index (χ4v) is 6.29. The number of Topliss-reactive ketones (excluding diaryl/α,β-unsaturated/α-hetero) is 2. The highest BCUT2D eigenvalue weighted by Gasteiger charge is 2.65. The van der Waals surface area contributed by atoms with Gasteiger partial charge in [-0.1, -0.05) is 51.0 Å². The first-order valence-corrected chi connectivity index (χ1v) is 14.2. The van der Waals surface area contributed by atoms with Crippen LogP contribution in [0, 0.1) is 12.8 Å². The molecule has 2 aromatic carbocycles. The molecule has 0 bridgehead atoms. The fraction of sp³-hybridized carbons (Fsp3) is 0.440. The summed E-state index contributed by atoms with van der Waals surface area (Å²) in [5, 5.41) is 0. The predicted molar refractivity (Wildman–Crippen MR) is 129 cm³/mol. The first kappa shape index (κ1) is 26.7. The summed E-state index contributed by atoms with van der Waals surface area (Å²) in [5.41, 5.74) is 4.04. The van der Waals surface area contributed by atoms with Gasteiger partial charge >= 0.3 is 10.2 Å². The topological polar surface area (TPSA) is 34.1 Å². The van der Waals surface area contributed by atoms with E-state index in [1.807, 2.05) is 32.9 Å². The lowest BCUT2D eigenvalue weighted by molar-refractivity contribution is -0.133. The number of aryl methyl sites for hydroxylation is 3. The summed E-state index contributed by atoms with van der Waals surface area (Å²) in [7, 11) is -9.67. The van der Waals surface area contributed by atoms with Gasteiger partial charge in [0.25, 0.3) is 0 Å². The molecule has 0 spiro atoms. The number of rotatable bonds is 8. The Balaban J connectivity index is 1.64. The maximum absolute atomic E-state index is 13.1. The quantitative estimate of drug-likeness (QED) is 0.199. The summed E-state index contributed by atoms with van der Waals surface area (Å²) in [6, 6.07) is 6.95. The van der Waals surface area contributed by atoms with Crippen molar-refractivity contribution < 1.29 is 29.0 Å². The van der Waals surface area contributed by atoms with Crippen LogP contribution in [0.3, 0.4) is 0 Å². The van der Waals surface area contributed by atoms with Crippen molar-refractivity contribution in [3.05, 3.63) is 58.7 Å². The van der Waals surface area contributed by atoms with Crippen molar-refractivity contribution in [3.63, 3.8) is 0 Å². The zero-order chi connectivity index (χ0) is 25.4. The van der Waals surface area contributed by atoms with Crippen LogP contribution in [0.2, 0.25) is 0 Å². The van der Waals surface area contributed by atoms with Gasteiger partial charge in [0, 0.05) is 17.7 Å². The molecule has 1 saturated carbocycles. The van der Waals surface area contributed by atoms with E-state index in [4.69, 9.17) is 0 Å². The Bertz CT molecular complexity index is 1050. The van der Waals surface area contributed by atoms with E-state index in [0.717, 1.165) is 47.2 Å². The molecule has 0 aliphatic heterocycles. The number of hydrogen-bond donors (Lipinski definition) is 0. The molecule has 2 nitrogen and oxygen atoms in total. The van der Waals surface area contributed by atoms with Gasteiger partial charge in [-0.15, -0.1) is 11.8 Å². The molecule has 1 aliphatic carbocycles. The maximum Gasteiger partial charge on any atom is 0.310 e. The van der Waals surface area contributed by atoms with Crippen LogP contribution in [0.25, 0.3) is 0 Å². The minimum atomic E-state index is -9.67. The first-order valence-electron chi connectivity index (χ1n) is 11.3. The molecule has 0 saturated heterocycles. The second-order valence-electron chi connectivity index (χ2n) is 8.92. The molecule has 0 amide bonds. The van der Waals surface area contributed by atoms with Crippen molar-refractivity contribution in [3.8, 4) is 0 Å². The first-order chi connectivity index (χ1) is 15.6. The minimum absolute atomic E-state index is 0.0836. The van der Waals surface area contributed by atoms with Crippen LogP contribution in [0.5, 0.6) is 0 Å². The Morgan fingerprint density at radius 1 is 0.882 bits per heavy atom. The molecule has 0 unspecified atom stereocenters. The molecule has 0 aromatic heterocycles. The molecule has 0 heterocycles. The minimum Gasteiger partial charge on any atom is -0.299 e. The van der Waals surface area contributed by atoms with E-state index in [9.17, 15) is 29.0 Å². The van der Waals surface area contributed by atoms with E-state index in [2.05, 4.69) is 0 Å². The van der Waals surface area contributed by atoms with E-state index < -0.39 is 21.0 Å². The molecule has 9 heteroatoms. The number of carbonyl (C=O) groups excluding carboxylic acids is 2. The van der Waals surface area contributed by atoms with Crippen LogP contribution in [0.1, 0.15) is 61.3 Å². The zero-order valence-electron chi connectivity index (χ0n) is 19.4. The highest BCUT2D eigenvalue weighted by Crippen LogP contribution is 3.02. The van der Waals surface area contributed by atoms with E-state index in [0.29, 0.717) is 29.2 Å². The molecule has 188 valence electrons. The van der Waals surface area contributed by atoms with Crippen molar-refractivity contribution >= 4 is 33.6 Å². The van der Waals surface area contributed by atoms with Crippen molar-refractivity contribution in [2.75, 3.05) is 5.75 Å². The lowest BCUT2D eigenvalue weighted by Crippen LogP contribution is -2.33. The lowest BCUT2D eigenvalue weighted by atomic mass is 9.73. The molecule has 34 heavy (non-hydrogen) atoms. The molecule has 1 fully saturated rings. The SMILES string of the molecule is CCc1cc(C)cc(CC)c1C1C(=O)CC(CCSc2ccc(S(F)(F)(F)(F)F)cc2)CC1=O. The van der Waals surface area contributed by atoms with E-state index in [1.165, 1.54) is 11.8 Å². The molecular formula is C25H29F5O2S2. The van der Waals surface area contributed by atoms with Gasteiger partial charge in [-0.25, -0.2) is 0 Å². The highest BCUT2D eigenvalue weighted by molar-refractivity contribution is 8.45. The fourth-order valence-electron chi connectivity index (χ4n) is 4.63. The summed E-state index contributed by atoms with van der Waals surface area (Å²) >= 11 is 1.22. The van der Waals surface area contributed by atoms with Gasteiger partial charge in [-0.3, -0.25) is 9.59 Å². The van der Waals surface area contributed by atoms with Gasteiger partial charge in [-0.2, -0.15) is 0 Å². The average Bonchev–Trinajstić information content (AvgIpc) is 2.72. The van der Waals surface area contributed by atoms with Crippen molar-refractivity contribution in [2.45, 2.75) is 68.6 Å². The standard InChI is InChI=1S/C25H29F5O2S2/c1-4-18-12-16(3)13-19(5-2)24(18)25-22(31)14-17(15-23(25)32)10-11-33-20-6-8-21(9-7-20)34(26,27,28,29)30/h6-9,12-13,17,25H,4-5,10-11,14-15H2,1-3H3. The van der Waals surface area contributed by atoms with Gasteiger partial charge < -0.3 is 0 Å². The van der Waals surface area contributed by atoms with Gasteiger partial charge in [0.1, 0.15) is 22.4 Å². The van der Waals surface area contributed by atoms with Crippen LogP contribution in [-0.4, -0.2) is 17.3 Å². The van der Waals surface area contributed by atoms with Gasteiger partial charge in [0.2, 0.25) is 0 Å². The molecule has 3 rings (SSSR count). The third-order valence-electron chi connectivity index (χ3n) is 6.23. The second kappa shape index (κ2) is 8.97. The van der Waals surface area contributed by atoms with Crippen LogP contribution < -0.4 is 0 Å². The third-order valence-corrected chi connectivity index (χ3v) is 8.44. The van der Waals surface area contributed by atoms with Crippen LogP contribution >= 0.6 is 22.0 Å². The van der Waals surface area contributed by atoms with Crippen molar-refractivity contribution in [2.24, 2.45) is 5.92 Å². The number of hydrogen-bond acceptors (Lipinski definition) is 3. The smallest absolute Gasteiger partial charge is 0.299 e. The van der Waals surface area contributed by atoms with E-state index >= 15 is 0 Å². The number of thioether (sulfide) groups is 1. The molecular weight excluding hydrogens is 491 g/mol. The Hall–Kier alpha value is -1.87. The van der Waals surface area contributed by atoms with Gasteiger partial charge in [0.05, 0.1) is 0 Å². The molecule has 1 aliphatic rings. The third kappa shape index (κ3) is 6.22. The normalized spacial score (nSPS) is 21.3. The predicted octanol–water partition coefficient (Wildman–Crippen LogP) is 8.59. The van der Waals surface area contributed by atoms with Gasteiger partial charge in [-0.05, 0) is 78.8 Å². The van der Waals surface area contributed by atoms with Crippen LogP contribution in [-0.2, 0) is 22.4 Å². The lowest BCUT2D eigenvalue weighted by Gasteiger charge is -2.40. The van der Waals surface area contributed by atoms with E-state index in [-0.39, 0.29) is 30.3 Å². The number of benzene rings is 2. The summed E-state index contributed by atoms with van der Waals surface area (Å²) < 4.78 is 64.2. The van der Waals surface area contributed by atoms with E-state index in [1.54, 1.807) is 0 Å². The number of ketones is 2. The van der Waals surface area contributed by atoms with Crippen LogP contribution in [0.4, 0.5) is 19.4 Å². The Labute approximate surface area is 201 Å². The largest absolute Gasteiger partial charge is 0.310 e. The second-order valence-corrected chi connectivity index (χ2v) is 12.5. The maximum atomic E-state index is 13.1. The zero-order valence-corrected chi connectivity index (χ0v) is 21.0. The van der Waals surface area contributed by atoms with Crippen LogP contribution in [0.15, 0.2) is 46.2 Å². The number of halogens is 5. The summed E-state index contributed by atoms with van der Waals surface area (Å²) in [6.45, 7) is 6.03. The molecule has 0 atom stereocenters. The Morgan fingerprint density at radius 2 is 1.38 bits per heavy atom. The molecule has 2 aromatic rings. The van der Waals surface area contributed by atoms with Gasteiger partial charge in [0.15, 0.2) is 0 Å². The number of carbonyl (C=O) groups is 2. The average molecular weight is 521 g/mol. The summed E-state index contributed by atoms with van der Waals surface area (Å²) in [6.07, 6.45) is 2.57. The van der Waals surface area contributed by atoms with Crippen molar-refractivity contribution in [1.82, 2.24) is 0 Å². The van der Waals surface area contributed by atoms with Crippen molar-refractivity contribution in [1.29, 1.82) is 0 Å². The summed E-state index contributed by atoms with van der Waals surface area (Å²) in [4.78, 5) is 24.6. The Kier molecular flexibility index (Phi) is 7.05. The summed E-state index contributed by atoms with van der Waals surface area (Å²) in [5.74, 6) is -0.557.